The summed E-state index contributed by atoms with van der Waals surface area (Å²) < 4.78 is 44.8. The lowest BCUT2D eigenvalue weighted by atomic mass is 10.1. The van der Waals surface area contributed by atoms with E-state index in [2.05, 4.69) is 4.90 Å². The highest BCUT2D eigenvalue weighted by Crippen LogP contribution is 2.38. The van der Waals surface area contributed by atoms with Gasteiger partial charge in [-0.2, -0.15) is 13.2 Å². The average Bonchev–Trinajstić information content (AvgIpc) is 2.99. The highest BCUT2D eigenvalue weighted by atomic mass is 19.4. The van der Waals surface area contributed by atoms with Gasteiger partial charge in [0.1, 0.15) is 17.3 Å². The molecule has 5 nitrogen and oxygen atoms in total. The SMILES string of the molecule is Cc1ccc2c(c1)C(N1CCN(C(=O)c3ccc(C(F)(F)F)cc3)C(C)C1)=Nc1ccccc1O2. The van der Waals surface area contributed by atoms with Gasteiger partial charge in [0.05, 0.1) is 11.1 Å². The van der Waals surface area contributed by atoms with Gasteiger partial charge in [0.15, 0.2) is 5.75 Å². The maximum Gasteiger partial charge on any atom is 0.416 e. The van der Waals surface area contributed by atoms with Gasteiger partial charge in [-0.3, -0.25) is 4.79 Å². The van der Waals surface area contributed by atoms with Crippen LogP contribution in [0.3, 0.4) is 0 Å². The molecule has 1 atom stereocenters. The van der Waals surface area contributed by atoms with Gasteiger partial charge in [-0.25, -0.2) is 4.99 Å². The minimum absolute atomic E-state index is 0.172. The van der Waals surface area contributed by atoms with Crippen LogP contribution in [0.1, 0.15) is 34.0 Å². The number of piperazine rings is 1. The molecule has 0 aromatic heterocycles. The molecule has 0 saturated carbocycles. The summed E-state index contributed by atoms with van der Waals surface area (Å²) in [6.07, 6.45) is -4.43. The molecule has 2 heterocycles. The van der Waals surface area contributed by atoms with Crippen molar-refractivity contribution in [2.24, 2.45) is 4.99 Å². The number of aryl methyl sites for hydroxylation is 1. The fraction of sp³-hybridized carbons (Fsp3) is 0.259. The third-order valence-electron chi connectivity index (χ3n) is 6.33. The highest BCUT2D eigenvalue weighted by Gasteiger charge is 2.33. The zero-order valence-corrected chi connectivity index (χ0v) is 19.3. The number of alkyl halides is 3. The number of hydrogen-bond donors (Lipinski definition) is 0. The van der Waals surface area contributed by atoms with Gasteiger partial charge >= 0.3 is 6.18 Å². The fourth-order valence-corrected chi connectivity index (χ4v) is 4.50. The van der Waals surface area contributed by atoms with Crippen molar-refractivity contribution >= 4 is 17.4 Å². The summed E-state index contributed by atoms with van der Waals surface area (Å²) in [7, 11) is 0. The van der Waals surface area contributed by atoms with Crippen LogP contribution in [0.5, 0.6) is 11.5 Å². The second-order valence-corrected chi connectivity index (χ2v) is 8.87. The summed E-state index contributed by atoms with van der Waals surface area (Å²) in [4.78, 5) is 21.9. The van der Waals surface area contributed by atoms with Crippen LogP contribution in [0, 0.1) is 6.92 Å². The summed E-state index contributed by atoms with van der Waals surface area (Å²) in [6.45, 7) is 5.43. The van der Waals surface area contributed by atoms with Gasteiger partial charge < -0.3 is 14.5 Å². The lowest BCUT2D eigenvalue weighted by Gasteiger charge is -2.41. The first-order valence-electron chi connectivity index (χ1n) is 11.4. The van der Waals surface area contributed by atoms with Gasteiger partial charge in [0, 0.05) is 31.2 Å². The van der Waals surface area contributed by atoms with Crippen molar-refractivity contribution < 1.29 is 22.7 Å². The second kappa shape index (κ2) is 8.76. The molecule has 1 amide bonds. The number of ether oxygens (including phenoxy) is 1. The Morgan fingerprint density at radius 3 is 2.46 bits per heavy atom. The molecular weight excluding hydrogens is 455 g/mol. The Balaban J connectivity index is 1.40. The summed E-state index contributed by atoms with van der Waals surface area (Å²) in [5.74, 6) is 1.90. The first kappa shape index (κ1) is 23.0. The lowest BCUT2D eigenvalue weighted by molar-refractivity contribution is -0.137. The Kier molecular flexibility index (Phi) is 5.75. The number of para-hydroxylation sites is 2. The lowest BCUT2D eigenvalue weighted by Crippen LogP contribution is -2.55. The van der Waals surface area contributed by atoms with E-state index < -0.39 is 11.7 Å². The van der Waals surface area contributed by atoms with E-state index in [1.54, 1.807) is 4.90 Å². The molecule has 2 aliphatic rings. The molecule has 1 unspecified atom stereocenters. The summed E-state index contributed by atoms with van der Waals surface area (Å²) in [5, 5.41) is 0. The van der Waals surface area contributed by atoms with E-state index in [0.29, 0.717) is 25.4 Å². The molecular formula is C27H24F3N3O2. The smallest absolute Gasteiger partial charge is 0.416 e. The molecule has 1 fully saturated rings. The van der Waals surface area contributed by atoms with Gasteiger partial charge in [-0.05, 0) is 62.4 Å². The van der Waals surface area contributed by atoms with E-state index in [4.69, 9.17) is 9.73 Å². The third kappa shape index (κ3) is 4.48. The van der Waals surface area contributed by atoms with Crippen molar-refractivity contribution in [3.63, 3.8) is 0 Å². The maximum atomic E-state index is 13.1. The number of amidine groups is 1. The Bertz CT molecular complexity index is 1300. The number of amides is 1. The van der Waals surface area contributed by atoms with E-state index in [1.807, 2.05) is 56.3 Å². The van der Waals surface area contributed by atoms with Crippen LogP contribution in [-0.2, 0) is 6.18 Å². The topological polar surface area (TPSA) is 45.1 Å². The third-order valence-corrected chi connectivity index (χ3v) is 6.33. The van der Waals surface area contributed by atoms with Crippen LogP contribution in [0.25, 0.3) is 0 Å². The first-order chi connectivity index (χ1) is 16.7. The van der Waals surface area contributed by atoms with Gasteiger partial charge in [0.25, 0.3) is 5.91 Å². The van der Waals surface area contributed by atoms with Crippen LogP contribution in [-0.4, -0.2) is 47.2 Å². The molecule has 2 aliphatic heterocycles. The standard InChI is InChI=1S/C27H24F3N3O2/c1-17-7-12-23-21(15-17)25(31-22-5-3-4-6-24(22)35-23)32-13-14-33(18(2)16-32)26(34)19-8-10-20(11-9-19)27(28,29)30/h3-12,15,18H,13-14,16H2,1-2H3. The molecule has 3 aromatic carbocycles. The number of fused-ring (bicyclic) bond motifs is 2. The predicted octanol–water partition coefficient (Wildman–Crippen LogP) is 6.04. The van der Waals surface area contributed by atoms with E-state index >= 15 is 0 Å². The van der Waals surface area contributed by atoms with Crippen LogP contribution in [0.4, 0.5) is 18.9 Å². The minimum atomic E-state index is -4.43. The van der Waals surface area contributed by atoms with Crippen LogP contribution in [0.15, 0.2) is 71.7 Å². The zero-order valence-electron chi connectivity index (χ0n) is 19.3. The molecule has 0 bridgehead atoms. The van der Waals surface area contributed by atoms with Gasteiger partial charge in [-0.15, -0.1) is 0 Å². The number of carbonyl (C=O) groups excluding carboxylic acids is 1. The predicted molar refractivity (Wildman–Crippen MR) is 127 cm³/mol. The van der Waals surface area contributed by atoms with E-state index in [1.165, 1.54) is 12.1 Å². The van der Waals surface area contributed by atoms with Crippen molar-refractivity contribution in [2.45, 2.75) is 26.1 Å². The molecule has 0 spiro atoms. The molecule has 1 saturated heterocycles. The number of aliphatic imine (C=N–C) groups is 1. The summed E-state index contributed by atoms with van der Waals surface area (Å²) in [6, 6.07) is 17.8. The highest BCUT2D eigenvalue weighted by molar-refractivity contribution is 6.04. The number of nitrogens with zero attached hydrogens (tertiary/aromatic N) is 3. The monoisotopic (exact) mass is 479 g/mol. The molecule has 0 N–H and O–H groups in total. The average molecular weight is 480 g/mol. The van der Waals surface area contributed by atoms with E-state index in [0.717, 1.165) is 40.5 Å². The van der Waals surface area contributed by atoms with Crippen molar-refractivity contribution in [3.05, 3.63) is 89.0 Å². The largest absolute Gasteiger partial charge is 0.454 e. The number of hydrogen-bond acceptors (Lipinski definition) is 4. The van der Waals surface area contributed by atoms with Crippen molar-refractivity contribution in [1.29, 1.82) is 0 Å². The quantitative estimate of drug-likeness (QED) is 0.427. The molecule has 5 rings (SSSR count). The Hall–Kier alpha value is -3.81. The van der Waals surface area contributed by atoms with Crippen LogP contribution >= 0.6 is 0 Å². The van der Waals surface area contributed by atoms with Gasteiger partial charge in [-0.1, -0.05) is 23.8 Å². The molecule has 0 aliphatic carbocycles. The maximum absolute atomic E-state index is 13.1. The van der Waals surface area contributed by atoms with E-state index in [9.17, 15) is 18.0 Å². The second-order valence-electron chi connectivity index (χ2n) is 8.87. The molecule has 35 heavy (non-hydrogen) atoms. The van der Waals surface area contributed by atoms with E-state index in [-0.39, 0.29) is 17.5 Å². The van der Waals surface area contributed by atoms with Crippen LogP contribution < -0.4 is 4.74 Å². The van der Waals surface area contributed by atoms with Crippen LogP contribution in [0.2, 0.25) is 0 Å². The minimum Gasteiger partial charge on any atom is -0.454 e. The number of benzene rings is 3. The van der Waals surface area contributed by atoms with Gasteiger partial charge in [0.2, 0.25) is 0 Å². The summed E-state index contributed by atoms with van der Waals surface area (Å²) in [5.41, 5.74) is 2.17. The number of carbonyl (C=O) groups is 1. The first-order valence-corrected chi connectivity index (χ1v) is 11.4. The Morgan fingerprint density at radius 1 is 1.00 bits per heavy atom. The Labute approximate surface area is 201 Å². The van der Waals surface area contributed by atoms with Crippen molar-refractivity contribution in [3.8, 4) is 11.5 Å². The van der Waals surface area contributed by atoms with Crippen molar-refractivity contribution in [1.82, 2.24) is 9.80 Å². The summed E-state index contributed by atoms with van der Waals surface area (Å²) >= 11 is 0. The van der Waals surface area contributed by atoms with Crippen molar-refractivity contribution in [2.75, 3.05) is 19.6 Å². The fourth-order valence-electron chi connectivity index (χ4n) is 4.50. The molecule has 8 heteroatoms. The number of rotatable bonds is 1. The normalized spacial score (nSPS) is 17.6. The molecule has 180 valence electrons. The molecule has 3 aromatic rings. The number of halogens is 3. The zero-order chi connectivity index (χ0) is 24.7. The Morgan fingerprint density at radius 2 is 1.74 bits per heavy atom. The molecule has 0 radical (unpaired) electrons.